The Morgan fingerprint density at radius 2 is 1.58 bits per heavy atom. The third kappa shape index (κ3) is 6.04. The minimum Gasteiger partial charge on any atom is -0.493 e. The predicted octanol–water partition coefficient (Wildman–Crippen LogP) is 5.66. The first kappa shape index (κ1) is 26.5. The number of carbonyl (C=O) groups is 2. The number of hydrogen-bond acceptors (Lipinski definition) is 7. The van der Waals surface area contributed by atoms with Crippen LogP contribution in [0.3, 0.4) is 0 Å². The zero-order chi connectivity index (χ0) is 27.1. The van der Waals surface area contributed by atoms with Crippen molar-refractivity contribution in [3.63, 3.8) is 0 Å². The molecule has 0 aliphatic heterocycles. The topological polar surface area (TPSA) is 88.9 Å². The zero-order valence-corrected chi connectivity index (χ0v) is 21.8. The van der Waals surface area contributed by atoms with E-state index in [0.29, 0.717) is 33.5 Å². The van der Waals surface area contributed by atoms with Crippen LogP contribution in [0.4, 0.5) is 0 Å². The lowest BCUT2D eigenvalue weighted by atomic mass is 10.1. The summed E-state index contributed by atoms with van der Waals surface area (Å²) in [6, 6.07) is 19.9. The number of para-hydroxylation sites is 1. The zero-order valence-electron chi connectivity index (χ0n) is 21.0. The number of nitrogens with zero attached hydrogens (tertiary/aromatic N) is 2. The summed E-state index contributed by atoms with van der Waals surface area (Å²) in [5, 5.41) is 5.31. The van der Waals surface area contributed by atoms with Crippen molar-refractivity contribution in [2.75, 3.05) is 27.9 Å². The molecular formula is C29H25ClN2O6. The number of benzene rings is 3. The van der Waals surface area contributed by atoms with Crippen LogP contribution in [0.5, 0.6) is 17.2 Å². The summed E-state index contributed by atoms with van der Waals surface area (Å²) >= 11 is 6.05. The van der Waals surface area contributed by atoms with Gasteiger partial charge in [-0.25, -0.2) is 9.48 Å². The van der Waals surface area contributed by atoms with Gasteiger partial charge >= 0.3 is 5.97 Å². The lowest BCUT2D eigenvalue weighted by molar-refractivity contribution is -0.136. The monoisotopic (exact) mass is 532 g/mol. The molecule has 0 aliphatic rings. The summed E-state index contributed by atoms with van der Waals surface area (Å²) in [6.45, 7) is -0.463. The van der Waals surface area contributed by atoms with Gasteiger partial charge < -0.3 is 18.9 Å². The van der Waals surface area contributed by atoms with Gasteiger partial charge in [-0.15, -0.1) is 0 Å². The second kappa shape index (κ2) is 12.1. The standard InChI is InChI=1S/C29H25ClN2O6/c1-35-25-15-21(16-26(36-2)29(25)37-3)24(33)18-38-27(34)14-11-20-17-32(23-7-5-4-6-8-23)31-28(20)19-9-12-22(30)13-10-19/h4-17H,18H2,1-3H3. The molecule has 9 heteroatoms. The van der Waals surface area contributed by atoms with E-state index in [1.54, 1.807) is 22.9 Å². The molecule has 3 aromatic carbocycles. The Kier molecular flexibility index (Phi) is 8.45. The average Bonchev–Trinajstić information content (AvgIpc) is 3.39. The lowest BCUT2D eigenvalue weighted by Crippen LogP contribution is -2.13. The van der Waals surface area contributed by atoms with Crippen molar-refractivity contribution in [2.45, 2.75) is 0 Å². The van der Waals surface area contributed by atoms with Gasteiger partial charge in [0.1, 0.15) is 0 Å². The van der Waals surface area contributed by atoms with Crippen LogP contribution in [0, 0.1) is 0 Å². The van der Waals surface area contributed by atoms with E-state index in [4.69, 9.17) is 35.6 Å². The molecule has 0 N–H and O–H groups in total. The summed E-state index contributed by atoms with van der Waals surface area (Å²) in [6.07, 6.45) is 4.67. The van der Waals surface area contributed by atoms with Gasteiger partial charge in [0.25, 0.3) is 0 Å². The van der Waals surface area contributed by atoms with Crippen molar-refractivity contribution in [1.82, 2.24) is 9.78 Å². The van der Waals surface area contributed by atoms with Crippen molar-refractivity contribution in [3.8, 4) is 34.2 Å². The van der Waals surface area contributed by atoms with Crippen LogP contribution >= 0.6 is 11.6 Å². The van der Waals surface area contributed by atoms with Crippen molar-refractivity contribution in [3.05, 3.63) is 95.2 Å². The summed E-state index contributed by atoms with van der Waals surface area (Å²) in [4.78, 5) is 25.2. The maximum Gasteiger partial charge on any atom is 0.331 e. The van der Waals surface area contributed by atoms with Crippen LogP contribution in [0.2, 0.25) is 5.02 Å². The number of methoxy groups -OCH3 is 3. The molecule has 0 saturated heterocycles. The molecule has 4 aromatic rings. The number of Topliss-reactive ketones (excluding diaryl/α,β-unsaturated/α-hetero) is 1. The van der Waals surface area contributed by atoms with Gasteiger partial charge in [-0.05, 0) is 42.5 Å². The maximum absolute atomic E-state index is 12.7. The third-order valence-corrected chi connectivity index (χ3v) is 5.86. The Hall–Kier alpha value is -4.56. The quantitative estimate of drug-likeness (QED) is 0.148. The van der Waals surface area contributed by atoms with E-state index in [-0.39, 0.29) is 5.56 Å². The molecule has 8 nitrogen and oxygen atoms in total. The molecule has 0 saturated carbocycles. The molecule has 0 aliphatic carbocycles. The maximum atomic E-state index is 12.7. The van der Waals surface area contributed by atoms with Crippen molar-refractivity contribution >= 4 is 29.4 Å². The molecule has 1 heterocycles. The average molecular weight is 533 g/mol. The summed E-state index contributed by atoms with van der Waals surface area (Å²) in [5.41, 5.74) is 3.29. The minimum atomic E-state index is -0.680. The molecule has 194 valence electrons. The largest absolute Gasteiger partial charge is 0.493 e. The molecule has 0 fully saturated rings. The highest BCUT2D eigenvalue weighted by molar-refractivity contribution is 6.30. The molecule has 0 spiro atoms. The molecule has 1 aromatic heterocycles. The van der Waals surface area contributed by atoms with Gasteiger partial charge in [0.05, 0.1) is 32.7 Å². The lowest BCUT2D eigenvalue weighted by Gasteiger charge is -2.13. The van der Waals surface area contributed by atoms with Crippen LogP contribution in [0.25, 0.3) is 23.0 Å². The van der Waals surface area contributed by atoms with Crippen molar-refractivity contribution < 1.29 is 28.5 Å². The van der Waals surface area contributed by atoms with E-state index in [2.05, 4.69) is 0 Å². The first-order valence-corrected chi connectivity index (χ1v) is 11.9. The number of rotatable bonds is 10. The number of carbonyl (C=O) groups excluding carboxylic acids is 2. The van der Waals surface area contributed by atoms with Crippen molar-refractivity contribution in [1.29, 1.82) is 0 Å². The van der Waals surface area contributed by atoms with Crippen LogP contribution in [0.15, 0.2) is 79.0 Å². The summed E-state index contributed by atoms with van der Waals surface area (Å²) < 4.78 is 22.8. The molecule has 0 radical (unpaired) electrons. The van der Waals surface area contributed by atoms with Gasteiger partial charge in [-0.1, -0.05) is 41.9 Å². The molecule has 4 rings (SSSR count). The van der Waals surface area contributed by atoms with Crippen LogP contribution in [-0.2, 0) is 9.53 Å². The third-order valence-electron chi connectivity index (χ3n) is 5.61. The van der Waals surface area contributed by atoms with Gasteiger partial charge in [0.2, 0.25) is 11.5 Å². The Morgan fingerprint density at radius 1 is 0.921 bits per heavy atom. The molecule has 38 heavy (non-hydrogen) atoms. The van der Waals surface area contributed by atoms with Gasteiger partial charge in [0, 0.05) is 34.0 Å². The molecular weight excluding hydrogens is 508 g/mol. The van der Waals surface area contributed by atoms with Crippen LogP contribution in [0.1, 0.15) is 15.9 Å². The predicted molar refractivity (Wildman–Crippen MR) is 144 cm³/mol. The van der Waals surface area contributed by atoms with Crippen LogP contribution < -0.4 is 14.2 Å². The number of hydrogen-bond donors (Lipinski definition) is 0. The second-order valence-corrected chi connectivity index (χ2v) is 8.43. The van der Waals surface area contributed by atoms with Gasteiger partial charge in [-0.2, -0.15) is 5.10 Å². The van der Waals surface area contributed by atoms with E-state index in [1.165, 1.54) is 39.5 Å². The van der Waals surface area contributed by atoms with Gasteiger partial charge in [-0.3, -0.25) is 4.79 Å². The van der Waals surface area contributed by atoms with E-state index in [9.17, 15) is 9.59 Å². The second-order valence-electron chi connectivity index (χ2n) is 8.00. The van der Waals surface area contributed by atoms with E-state index < -0.39 is 18.4 Å². The highest BCUT2D eigenvalue weighted by atomic mass is 35.5. The van der Waals surface area contributed by atoms with Crippen molar-refractivity contribution in [2.24, 2.45) is 0 Å². The number of esters is 1. The normalized spacial score (nSPS) is 10.8. The molecule has 0 atom stereocenters. The number of aromatic nitrogens is 2. The summed E-state index contributed by atoms with van der Waals surface area (Å²) in [5.74, 6) is -0.0951. The van der Waals surface area contributed by atoms with Crippen LogP contribution in [-0.4, -0.2) is 49.5 Å². The first-order valence-electron chi connectivity index (χ1n) is 11.5. The van der Waals surface area contributed by atoms with E-state index >= 15 is 0 Å². The molecule has 0 amide bonds. The minimum absolute atomic E-state index is 0.255. The fourth-order valence-electron chi connectivity index (χ4n) is 3.72. The van der Waals surface area contributed by atoms with Gasteiger partial charge in [0.15, 0.2) is 18.1 Å². The highest BCUT2D eigenvalue weighted by Gasteiger charge is 2.18. The number of ketones is 1. The summed E-state index contributed by atoms with van der Waals surface area (Å²) in [7, 11) is 4.38. The SMILES string of the molecule is COc1cc(C(=O)COC(=O)C=Cc2cn(-c3ccccc3)nc2-c2ccc(Cl)cc2)cc(OC)c1OC. The van der Waals surface area contributed by atoms with E-state index in [1.807, 2.05) is 48.7 Å². The number of halogens is 1. The number of ether oxygens (including phenoxy) is 4. The smallest absolute Gasteiger partial charge is 0.331 e. The Balaban J connectivity index is 1.52. The highest BCUT2D eigenvalue weighted by Crippen LogP contribution is 2.38. The molecule has 0 bridgehead atoms. The molecule has 0 unspecified atom stereocenters. The Morgan fingerprint density at radius 3 is 2.18 bits per heavy atom. The fourth-order valence-corrected chi connectivity index (χ4v) is 3.85. The fraction of sp³-hybridized carbons (Fsp3) is 0.138. The Labute approximate surface area is 225 Å². The van der Waals surface area contributed by atoms with E-state index in [0.717, 1.165) is 11.3 Å². The first-order chi connectivity index (χ1) is 18.4. The Bertz CT molecular complexity index is 1440.